The number of rotatable bonds is 3. The summed E-state index contributed by atoms with van der Waals surface area (Å²) in [5.41, 5.74) is 0.721. The van der Waals surface area contributed by atoms with Crippen molar-refractivity contribution in [3.63, 3.8) is 0 Å². The van der Waals surface area contributed by atoms with E-state index in [-0.39, 0.29) is 11.6 Å². The number of hydrogen-bond acceptors (Lipinski definition) is 2. The van der Waals surface area contributed by atoms with E-state index in [0.717, 1.165) is 6.07 Å². The largest absolute Gasteiger partial charge is 0.330 e. The fraction of sp³-hybridized carbons (Fsp3) is 0.417. The van der Waals surface area contributed by atoms with Gasteiger partial charge in [-0.25, -0.2) is 8.78 Å². The maximum Gasteiger partial charge on any atom is 0.184 e. The summed E-state index contributed by atoms with van der Waals surface area (Å²) in [5.74, 6) is -1.71. The van der Waals surface area contributed by atoms with Crippen molar-refractivity contribution in [2.45, 2.75) is 19.5 Å². The van der Waals surface area contributed by atoms with E-state index >= 15 is 0 Å². The molecule has 1 heterocycles. The Kier molecular flexibility index (Phi) is 3.49. The highest BCUT2D eigenvalue weighted by Gasteiger charge is 2.15. The maximum atomic E-state index is 13.8. The van der Waals surface area contributed by atoms with Gasteiger partial charge in [0.1, 0.15) is 5.52 Å². The predicted octanol–water partition coefficient (Wildman–Crippen LogP) is 2.93. The number of H-pyrrole nitrogens is 1. The van der Waals surface area contributed by atoms with Gasteiger partial charge in [0.15, 0.2) is 16.4 Å². The van der Waals surface area contributed by atoms with Crippen LogP contribution < -0.4 is 0 Å². The number of benzene rings is 1. The second-order valence-corrected chi connectivity index (χ2v) is 5.00. The first-order valence-electron chi connectivity index (χ1n) is 5.64. The molecule has 0 aliphatic rings. The molecule has 3 nitrogen and oxygen atoms in total. The van der Waals surface area contributed by atoms with Crippen molar-refractivity contribution >= 4 is 23.3 Å². The summed E-state index contributed by atoms with van der Waals surface area (Å²) < 4.78 is 29.1. The van der Waals surface area contributed by atoms with Gasteiger partial charge < -0.3 is 14.5 Å². The van der Waals surface area contributed by atoms with E-state index < -0.39 is 11.6 Å². The SMILES string of the molecule is CC(Cn1c(=S)[nH]c2ccc(F)c(F)c21)N(C)C. The summed E-state index contributed by atoms with van der Waals surface area (Å²) in [6, 6.07) is 2.77. The molecule has 1 aromatic heterocycles. The van der Waals surface area contributed by atoms with Gasteiger partial charge in [0.05, 0.1) is 5.52 Å². The lowest BCUT2D eigenvalue weighted by Gasteiger charge is -2.20. The minimum Gasteiger partial charge on any atom is -0.330 e. The Hall–Kier alpha value is -1.27. The Labute approximate surface area is 109 Å². The first-order valence-corrected chi connectivity index (χ1v) is 6.05. The Morgan fingerprint density at radius 2 is 2.06 bits per heavy atom. The minimum absolute atomic E-state index is 0.165. The molecular weight excluding hydrogens is 256 g/mol. The monoisotopic (exact) mass is 271 g/mol. The Balaban J connectivity index is 2.59. The van der Waals surface area contributed by atoms with E-state index in [1.807, 2.05) is 25.9 Å². The van der Waals surface area contributed by atoms with Gasteiger partial charge in [0.25, 0.3) is 0 Å². The molecular formula is C12H15F2N3S. The Morgan fingerprint density at radius 3 is 2.67 bits per heavy atom. The van der Waals surface area contributed by atoms with Gasteiger partial charge in [-0.2, -0.15) is 0 Å². The lowest BCUT2D eigenvalue weighted by atomic mass is 10.2. The van der Waals surface area contributed by atoms with Gasteiger partial charge in [-0.05, 0) is 45.4 Å². The lowest BCUT2D eigenvalue weighted by molar-refractivity contribution is 0.284. The van der Waals surface area contributed by atoms with Gasteiger partial charge in [-0.1, -0.05) is 0 Å². The van der Waals surface area contributed by atoms with E-state index in [9.17, 15) is 8.78 Å². The van der Waals surface area contributed by atoms with Crippen molar-refractivity contribution in [1.29, 1.82) is 0 Å². The molecule has 0 spiro atoms. The number of fused-ring (bicyclic) bond motifs is 1. The number of nitrogens with zero attached hydrogens (tertiary/aromatic N) is 2. The van der Waals surface area contributed by atoms with E-state index in [2.05, 4.69) is 4.98 Å². The molecule has 0 saturated heterocycles. The van der Waals surface area contributed by atoms with Crippen molar-refractivity contribution in [2.75, 3.05) is 14.1 Å². The van der Waals surface area contributed by atoms with E-state index in [4.69, 9.17) is 12.2 Å². The number of likely N-dealkylation sites (N-methyl/N-ethyl adjacent to an activating group) is 1. The fourth-order valence-corrected chi connectivity index (χ4v) is 2.07. The molecule has 98 valence electrons. The summed E-state index contributed by atoms with van der Waals surface area (Å²) in [6.45, 7) is 2.50. The molecule has 0 saturated carbocycles. The molecule has 1 N–H and O–H groups in total. The second kappa shape index (κ2) is 4.78. The molecule has 1 unspecified atom stereocenters. The first-order chi connectivity index (χ1) is 8.41. The molecule has 0 fully saturated rings. The molecule has 0 amide bonds. The summed E-state index contributed by atoms with van der Waals surface area (Å²) in [7, 11) is 3.86. The number of halogens is 2. The molecule has 2 aromatic rings. The maximum absolute atomic E-state index is 13.8. The van der Waals surface area contributed by atoms with Crippen molar-refractivity contribution in [2.24, 2.45) is 0 Å². The molecule has 1 atom stereocenters. The van der Waals surface area contributed by atoms with Crippen molar-refractivity contribution in [3.05, 3.63) is 28.5 Å². The van der Waals surface area contributed by atoms with Crippen molar-refractivity contribution in [1.82, 2.24) is 14.5 Å². The van der Waals surface area contributed by atoms with Crippen LogP contribution in [0, 0.1) is 16.4 Å². The fourth-order valence-electron chi connectivity index (χ4n) is 1.79. The van der Waals surface area contributed by atoms with Crippen LogP contribution in [0.3, 0.4) is 0 Å². The van der Waals surface area contributed by atoms with Gasteiger partial charge in [0.2, 0.25) is 0 Å². The molecule has 0 radical (unpaired) electrons. The van der Waals surface area contributed by atoms with Crippen LogP contribution in [0.4, 0.5) is 8.78 Å². The van der Waals surface area contributed by atoms with Crippen LogP contribution >= 0.6 is 12.2 Å². The highest BCUT2D eigenvalue weighted by Crippen LogP contribution is 2.21. The van der Waals surface area contributed by atoms with Crippen LogP contribution in [0.1, 0.15) is 6.92 Å². The summed E-state index contributed by atoms with van der Waals surface area (Å²) >= 11 is 5.16. The van der Waals surface area contributed by atoms with Crippen LogP contribution in [0.15, 0.2) is 12.1 Å². The number of nitrogens with one attached hydrogen (secondary N) is 1. The molecule has 0 bridgehead atoms. The average molecular weight is 271 g/mol. The van der Waals surface area contributed by atoms with Gasteiger partial charge in [0, 0.05) is 12.6 Å². The normalized spacial score (nSPS) is 13.4. The molecule has 2 rings (SSSR count). The molecule has 0 aliphatic heterocycles. The van der Waals surface area contributed by atoms with Crippen LogP contribution in [-0.4, -0.2) is 34.6 Å². The minimum atomic E-state index is -0.859. The third kappa shape index (κ3) is 2.18. The number of aromatic nitrogens is 2. The number of hydrogen-bond donors (Lipinski definition) is 1. The third-order valence-corrected chi connectivity index (χ3v) is 3.48. The molecule has 0 aliphatic carbocycles. The van der Waals surface area contributed by atoms with E-state index in [1.54, 1.807) is 4.57 Å². The number of imidazole rings is 1. The lowest BCUT2D eigenvalue weighted by Crippen LogP contribution is -2.29. The standard InChI is InChI=1S/C12H15F2N3S/c1-7(16(2)3)6-17-11-9(15-12(17)18)5-4-8(13)10(11)14/h4-5,7H,6H2,1-3H3,(H,15,18). The Morgan fingerprint density at radius 1 is 1.39 bits per heavy atom. The summed E-state index contributed by atoms with van der Waals surface area (Å²) in [5, 5.41) is 0. The first kappa shape index (κ1) is 13.2. The van der Waals surface area contributed by atoms with Gasteiger partial charge in [-0.15, -0.1) is 0 Å². The summed E-state index contributed by atoms with van der Waals surface area (Å²) in [6.07, 6.45) is 0. The van der Waals surface area contributed by atoms with Crippen LogP contribution in [0.5, 0.6) is 0 Å². The zero-order chi connectivity index (χ0) is 13.4. The van der Waals surface area contributed by atoms with Gasteiger partial charge >= 0.3 is 0 Å². The van der Waals surface area contributed by atoms with Crippen molar-refractivity contribution in [3.8, 4) is 0 Å². The molecule has 18 heavy (non-hydrogen) atoms. The molecule has 6 heteroatoms. The molecule has 1 aromatic carbocycles. The highest BCUT2D eigenvalue weighted by atomic mass is 32.1. The average Bonchev–Trinajstić information content (AvgIpc) is 2.61. The predicted molar refractivity (Wildman–Crippen MR) is 70.2 cm³/mol. The quantitative estimate of drug-likeness (QED) is 0.868. The topological polar surface area (TPSA) is 24.0 Å². The van der Waals surface area contributed by atoms with E-state index in [0.29, 0.717) is 16.8 Å². The Bertz CT molecular complexity index is 630. The van der Waals surface area contributed by atoms with Crippen LogP contribution in [0.25, 0.3) is 11.0 Å². The summed E-state index contributed by atoms with van der Waals surface area (Å²) in [4.78, 5) is 4.89. The third-order valence-electron chi connectivity index (χ3n) is 3.15. The highest BCUT2D eigenvalue weighted by molar-refractivity contribution is 7.71. The van der Waals surface area contributed by atoms with Crippen LogP contribution in [0.2, 0.25) is 0 Å². The second-order valence-electron chi connectivity index (χ2n) is 4.61. The smallest absolute Gasteiger partial charge is 0.184 e. The number of aromatic amines is 1. The van der Waals surface area contributed by atoms with Crippen molar-refractivity contribution < 1.29 is 8.78 Å². The zero-order valence-electron chi connectivity index (χ0n) is 10.5. The van der Waals surface area contributed by atoms with Crippen LogP contribution in [-0.2, 0) is 6.54 Å². The van der Waals surface area contributed by atoms with Gasteiger partial charge in [-0.3, -0.25) is 0 Å². The van der Waals surface area contributed by atoms with E-state index in [1.165, 1.54) is 6.07 Å². The zero-order valence-corrected chi connectivity index (χ0v) is 11.3.